The van der Waals surface area contributed by atoms with E-state index < -0.39 is 0 Å². The quantitative estimate of drug-likeness (QED) is 0.816. The van der Waals surface area contributed by atoms with Crippen LogP contribution in [0.5, 0.6) is 0 Å². The summed E-state index contributed by atoms with van der Waals surface area (Å²) in [5.74, 6) is 2.38. The van der Waals surface area contributed by atoms with E-state index >= 15 is 0 Å². The standard InChI is InChI=1S/C14H19Cl2N9/c1-9-18-11(15)22-13(20-9)17-3-4-24-5-7-25(8-6-24)14-21-10(2)19-12(16)23-14/h3-8H2,1-2H3,(H,17,18,20,22). The minimum Gasteiger partial charge on any atom is -0.353 e. The average Bonchev–Trinajstić information content (AvgIpc) is 2.53. The zero-order valence-electron chi connectivity index (χ0n) is 14.1. The van der Waals surface area contributed by atoms with Crippen molar-refractivity contribution in [3.8, 4) is 0 Å². The first-order valence-corrected chi connectivity index (χ1v) is 8.73. The second kappa shape index (κ2) is 8.03. The van der Waals surface area contributed by atoms with Gasteiger partial charge in [-0.2, -0.15) is 19.9 Å². The highest BCUT2D eigenvalue weighted by Crippen LogP contribution is 2.13. The average molecular weight is 384 g/mol. The van der Waals surface area contributed by atoms with E-state index in [1.54, 1.807) is 6.92 Å². The van der Waals surface area contributed by atoms with Gasteiger partial charge in [-0.05, 0) is 37.0 Å². The lowest BCUT2D eigenvalue weighted by Crippen LogP contribution is -2.48. The summed E-state index contributed by atoms with van der Waals surface area (Å²) >= 11 is 11.7. The largest absolute Gasteiger partial charge is 0.353 e. The van der Waals surface area contributed by atoms with Gasteiger partial charge in [0.2, 0.25) is 22.5 Å². The van der Waals surface area contributed by atoms with Crippen molar-refractivity contribution in [3.63, 3.8) is 0 Å². The Morgan fingerprint density at radius 1 is 0.840 bits per heavy atom. The van der Waals surface area contributed by atoms with Crippen molar-refractivity contribution < 1.29 is 0 Å². The normalized spacial score (nSPS) is 15.4. The van der Waals surface area contributed by atoms with Crippen LogP contribution in [0.4, 0.5) is 11.9 Å². The maximum Gasteiger partial charge on any atom is 0.229 e. The van der Waals surface area contributed by atoms with Crippen LogP contribution in [0.2, 0.25) is 10.6 Å². The van der Waals surface area contributed by atoms with Crippen molar-refractivity contribution in [2.75, 3.05) is 49.5 Å². The maximum atomic E-state index is 5.91. The highest BCUT2D eigenvalue weighted by atomic mass is 35.5. The molecule has 1 N–H and O–H groups in total. The molecule has 0 saturated carbocycles. The van der Waals surface area contributed by atoms with Crippen molar-refractivity contribution in [2.24, 2.45) is 0 Å². The third kappa shape index (κ3) is 5.07. The van der Waals surface area contributed by atoms with E-state index in [-0.39, 0.29) is 10.6 Å². The zero-order valence-corrected chi connectivity index (χ0v) is 15.6. The van der Waals surface area contributed by atoms with Gasteiger partial charge in [0.15, 0.2) is 0 Å². The SMILES string of the molecule is Cc1nc(Cl)nc(NCCN2CCN(c3nc(C)nc(Cl)n3)CC2)n1. The predicted octanol–water partition coefficient (Wildman–Crippen LogP) is 1.21. The van der Waals surface area contributed by atoms with Crippen LogP contribution in [0.3, 0.4) is 0 Å². The number of hydrogen-bond donors (Lipinski definition) is 1. The molecule has 1 aliphatic rings. The third-order valence-corrected chi connectivity index (χ3v) is 4.13. The monoisotopic (exact) mass is 383 g/mol. The van der Waals surface area contributed by atoms with Crippen LogP contribution >= 0.6 is 23.2 Å². The first kappa shape index (κ1) is 18.0. The predicted molar refractivity (Wildman–Crippen MR) is 96.3 cm³/mol. The van der Waals surface area contributed by atoms with Crippen molar-refractivity contribution in [3.05, 3.63) is 22.2 Å². The van der Waals surface area contributed by atoms with E-state index in [9.17, 15) is 0 Å². The van der Waals surface area contributed by atoms with Crippen LogP contribution in [-0.2, 0) is 0 Å². The van der Waals surface area contributed by atoms with Crippen molar-refractivity contribution >= 4 is 35.1 Å². The van der Waals surface area contributed by atoms with Crippen molar-refractivity contribution in [2.45, 2.75) is 13.8 Å². The molecule has 0 aliphatic carbocycles. The Morgan fingerprint density at radius 3 is 2.12 bits per heavy atom. The lowest BCUT2D eigenvalue weighted by Gasteiger charge is -2.34. The summed E-state index contributed by atoms with van der Waals surface area (Å²) in [6, 6.07) is 0. The molecule has 0 spiro atoms. The van der Waals surface area contributed by atoms with Crippen LogP contribution in [0.25, 0.3) is 0 Å². The number of hydrogen-bond acceptors (Lipinski definition) is 9. The fourth-order valence-electron chi connectivity index (χ4n) is 2.60. The fourth-order valence-corrected chi connectivity index (χ4v) is 3.00. The van der Waals surface area contributed by atoms with E-state index in [1.807, 2.05) is 6.92 Å². The molecule has 1 aliphatic heterocycles. The molecule has 11 heteroatoms. The highest BCUT2D eigenvalue weighted by Gasteiger charge is 2.19. The number of anilines is 2. The Morgan fingerprint density at radius 2 is 1.48 bits per heavy atom. The summed E-state index contributed by atoms with van der Waals surface area (Å²) < 4.78 is 0. The minimum atomic E-state index is 0.204. The van der Waals surface area contributed by atoms with Gasteiger partial charge < -0.3 is 10.2 Å². The minimum absolute atomic E-state index is 0.204. The van der Waals surface area contributed by atoms with E-state index in [4.69, 9.17) is 23.2 Å². The summed E-state index contributed by atoms with van der Waals surface area (Å²) in [5, 5.41) is 3.62. The molecule has 2 aromatic rings. The molecule has 0 atom stereocenters. The summed E-state index contributed by atoms with van der Waals surface area (Å²) in [7, 11) is 0. The highest BCUT2D eigenvalue weighted by molar-refractivity contribution is 6.28. The number of aromatic nitrogens is 6. The second-order valence-corrected chi connectivity index (χ2v) is 6.36. The summed E-state index contributed by atoms with van der Waals surface area (Å²) in [4.78, 5) is 29.2. The second-order valence-electron chi connectivity index (χ2n) is 5.68. The van der Waals surface area contributed by atoms with Crippen molar-refractivity contribution in [1.29, 1.82) is 0 Å². The van der Waals surface area contributed by atoms with E-state index in [0.717, 1.165) is 39.3 Å². The Balaban J connectivity index is 1.46. The molecule has 3 rings (SSSR count). The molecular weight excluding hydrogens is 365 g/mol. The third-order valence-electron chi connectivity index (χ3n) is 3.79. The molecule has 0 bridgehead atoms. The number of nitrogens with zero attached hydrogens (tertiary/aromatic N) is 8. The van der Waals surface area contributed by atoms with Gasteiger partial charge in [0, 0.05) is 39.3 Å². The van der Waals surface area contributed by atoms with E-state index in [1.165, 1.54) is 0 Å². The summed E-state index contributed by atoms with van der Waals surface area (Å²) in [6.07, 6.45) is 0. The molecule has 9 nitrogen and oxygen atoms in total. The zero-order chi connectivity index (χ0) is 17.8. The Hall–Kier alpha value is -1.84. The molecule has 0 radical (unpaired) electrons. The summed E-state index contributed by atoms with van der Waals surface area (Å²) in [5.41, 5.74) is 0. The van der Waals surface area contributed by atoms with Crippen LogP contribution in [0, 0.1) is 13.8 Å². The smallest absolute Gasteiger partial charge is 0.229 e. The Bertz CT molecular complexity index is 691. The van der Waals surface area contributed by atoms with Gasteiger partial charge in [0.1, 0.15) is 11.6 Å². The van der Waals surface area contributed by atoms with Gasteiger partial charge >= 0.3 is 0 Å². The number of aryl methyl sites for hydroxylation is 2. The number of rotatable bonds is 5. The van der Waals surface area contributed by atoms with Crippen LogP contribution < -0.4 is 10.2 Å². The van der Waals surface area contributed by atoms with Crippen LogP contribution in [-0.4, -0.2) is 74.1 Å². The van der Waals surface area contributed by atoms with Gasteiger partial charge in [-0.1, -0.05) is 0 Å². The Labute approximate surface area is 155 Å². The van der Waals surface area contributed by atoms with Crippen molar-refractivity contribution in [1.82, 2.24) is 34.8 Å². The van der Waals surface area contributed by atoms with Crippen LogP contribution in [0.1, 0.15) is 11.6 Å². The van der Waals surface area contributed by atoms with Gasteiger partial charge in [-0.25, -0.2) is 9.97 Å². The van der Waals surface area contributed by atoms with E-state index in [2.05, 4.69) is 45.0 Å². The molecule has 0 aromatic carbocycles. The number of nitrogens with one attached hydrogen (secondary N) is 1. The van der Waals surface area contributed by atoms with Gasteiger partial charge in [-0.15, -0.1) is 0 Å². The van der Waals surface area contributed by atoms with Gasteiger partial charge in [-0.3, -0.25) is 4.90 Å². The molecule has 134 valence electrons. The van der Waals surface area contributed by atoms with Crippen LogP contribution in [0.15, 0.2) is 0 Å². The molecule has 3 heterocycles. The molecular formula is C14H19Cl2N9. The van der Waals surface area contributed by atoms with Gasteiger partial charge in [0.05, 0.1) is 0 Å². The first-order valence-electron chi connectivity index (χ1n) is 7.97. The molecule has 2 aromatic heterocycles. The van der Waals surface area contributed by atoms with E-state index in [0.29, 0.717) is 23.5 Å². The molecule has 1 saturated heterocycles. The van der Waals surface area contributed by atoms with Gasteiger partial charge in [0.25, 0.3) is 0 Å². The first-order chi connectivity index (χ1) is 12.0. The lowest BCUT2D eigenvalue weighted by atomic mass is 10.3. The molecule has 0 unspecified atom stereocenters. The number of halogens is 2. The summed E-state index contributed by atoms with van der Waals surface area (Å²) in [6.45, 7) is 8.74. The molecule has 1 fully saturated rings. The molecule has 0 amide bonds. The Kier molecular flexibility index (Phi) is 5.77. The number of piperazine rings is 1. The maximum absolute atomic E-state index is 5.91. The topological polar surface area (TPSA) is 95.9 Å². The fraction of sp³-hybridized carbons (Fsp3) is 0.571. The molecule has 25 heavy (non-hydrogen) atoms. The lowest BCUT2D eigenvalue weighted by molar-refractivity contribution is 0.266.